The van der Waals surface area contributed by atoms with Crippen LogP contribution >= 0.6 is 11.6 Å². The molecule has 0 radical (unpaired) electrons. The number of halogens is 1. The number of aromatic amines is 1. The second-order valence-corrected chi connectivity index (χ2v) is 9.45. The molecule has 2 aromatic carbocycles. The fraction of sp³-hybridized carbons (Fsp3) is 0.296. The summed E-state index contributed by atoms with van der Waals surface area (Å²) in [4.78, 5) is 26.4. The lowest BCUT2D eigenvalue weighted by Crippen LogP contribution is -2.26. The summed E-state index contributed by atoms with van der Waals surface area (Å²) < 4.78 is 5.48. The van der Waals surface area contributed by atoms with Crippen LogP contribution in [0.1, 0.15) is 17.5 Å². The van der Waals surface area contributed by atoms with E-state index in [0.717, 1.165) is 42.8 Å². The Balaban J connectivity index is 1.30. The number of benzene rings is 2. The van der Waals surface area contributed by atoms with Crippen molar-refractivity contribution in [3.8, 4) is 17.1 Å². The number of carbonyl (C=O) groups is 1. The number of likely N-dealkylation sites (tertiary alicyclic amines) is 1. The van der Waals surface area contributed by atoms with Crippen molar-refractivity contribution < 1.29 is 9.53 Å². The second kappa shape index (κ2) is 10.6. The average Bonchev–Trinajstić information content (AvgIpc) is 3.53. The van der Waals surface area contributed by atoms with E-state index in [2.05, 4.69) is 61.7 Å². The van der Waals surface area contributed by atoms with E-state index >= 15 is 0 Å². The van der Waals surface area contributed by atoms with Crippen LogP contribution < -0.4 is 15.4 Å². The van der Waals surface area contributed by atoms with Crippen LogP contribution in [-0.4, -0.2) is 58.5 Å². The Kier molecular flexibility index (Phi) is 7.06. The Hall–Kier alpha value is -3.62. The van der Waals surface area contributed by atoms with E-state index in [1.165, 1.54) is 11.1 Å². The molecule has 1 saturated heterocycles. The summed E-state index contributed by atoms with van der Waals surface area (Å²) in [6, 6.07) is 16.2. The highest BCUT2D eigenvalue weighted by atomic mass is 35.5. The summed E-state index contributed by atoms with van der Waals surface area (Å²) in [5, 5.41) is 6.74. The minimum absolute atomic E-state index is 0.0263. The predicted octanol–water partition coefficient (Wildman–Crippen LogP) is 4.40. The van der Waals surface area contributed by atoms with Crippen LogP contribution in [0.5, 0.6) is 5.75 Å². The molecule has 1 aliphatic rings. The van der Waals surface area contributed by atoms with Gasteiger partial charge >= 0.3 is 0 Å². The van der Waals surface area contributed by atoms with E-state index in [4.69, 9.17) is 16.3 Å². The summed E-state index contributed by atoms with van der Waals surface area (Å²) in [5.41, 5.74) is 5.79. The molecule has 1 atom stereocenters. The minimum Gasteiger partial charge on any atom is -0.484 e. The van der Waals surface area contributed by atoms with Crippen molar-refractivity contribution in [1.82, 2.24) is 25.2 Å². The van der Waals surface area contributed by atoms with Gasteiger partial charge in [-0.3, -0.25) is 9.69 Å². The number of carbonyl (C=O) groups excluding carboxylic acids is 1. The number of anilines is 1. The molecule has 9 heteroatoms. The summed E-state index contributed by atoms with van der Waals surface area (Å²) in [5.74, 6) is 1.12. The van der Waals surface area contributed by atoms with Gasteiger partial charge in [0.2, 0.25) is 0 Å². The van der Waals surface area contributed by atoms with Crippen molar-refractivity contribution in [2.45, 2.75) is 25.9 Å². The summed E-state index contributed by atoms with van der Waals surface area (Å²) in [6.07, 6.45) is 2.68. The number of imidazole rings is 1. The van der Waals surface area contributed by atoms with Gasteiger partial charge in [-0.25, -0.2) is 9.97 Å². The molecular weight excluding hydrogens is 476 g/mol. The maximum atomic E-state index is 11.4. The number of H-pyrrole nitrogens is 1. The first-order valence-corrected chi connectivity index (χ1v) is 12.4. The van der Waals surface area contributed by atoms with E-state index in [9.17, 15) is 4.79 Å². The molecule has 4 aromatic rings. The third-order valence-corrected chi connectivity index (χ3v) is 6.81. The standard InChI is InChI=1S/C27H29ClN6O2/c1-17-5-3-4-6-19(17)14-34-12-11-20(15-34)31-24-22(28)13-30-27-25(24)32-26(33-27)18-7-9-21(10-8-18)36-16-23(35)29-2/h3-10,13,20H,11-12,14-16H2,1-2H3,(H,29,35)(H2,30,31,32,33). The number of nitrogens with one attached hydrogen (secondary N) is 3. The highest BCUT2D eigenvalue weighted by Crippen LogP contribution is 2.32. The maximum absolute atomic E-state index is 11.4. The van der Waals surface area contributed by atoms with Gasteiger partial charge in [-0.15, -0.1) is 0 Å². The third kappa shape index (κ3) is 5.29. The molecule has 3 heterocycles. The van der Waals surface area contributed by atoms with Gasteiger partial charge in [0.05, 0.1) is 16.9 Å². The van der Waals surface area contributed by atoms with Crippen LogP contribution in [0, 0.1) is 6.92 Å². The van der Waals surface area contributed by atoms with Crippen LogP contribution in [0.4, 0.5) is 5.69 Å². The van der Waals surface area contributed by atoms with E-state index in [-0.39, 0.29) is 18.6 Å². The number of aromatic nitrogens is 3. The molecule has 3 N–H and O–H groups in total. The zero-order chi connectivity index (χ0) is 25.1. The normalized spacial score (nSPS) is 15.8. The highest BCUT2D eigenvalue weighted by molar-refractivity contribution is 6.34. The number of ether oxygens (including phenoxy) is 1. The SMILES string of the molecule is CNC(=O)COc1ccc(-c2nc3ncc(Cl)c(NC4CCN(Cc5ccccc5C)C4)c3[nH]2)cc1. The maximum Gasteiger partial charge on any atom is 0.257 e. The molecule has 0 saturated carbocycles. The molecule has 0 aliphatic carbocycles. The molecule has 0 bridgehead atoms. The molecule has 1 amide bonds. The van der Waals surface area contributed by atoms with Gasteiger partial charge in [0.15, 0.2) is 12.3 Å². The van der Waals surface area contributed by atoms with Crippen LogP contribution in [-0.2, 0) is 11.3 Å². The third-order valence-electron chi connectivity index (χ3n) is 6.53. The first kappa shape index (κ1) is 24.1. The van der Waals surface area contributed by atoms with Crippen molar-refractivity contribution >= 4 is 34.4 Å². The lowest BCUT2D eigenvalue weighted by Gasteiger charge is -2.19. The molecule has 1 unspecified atom stereocenters. The van der Waals surface area contributed by atoms with Gasteiger partial charge in [0, 0.05) is 38.3 Å². The Bertz CT molecular complexity index is 1370. The number of pyridine rings is 1. The minimum atomic E-state index is -0.181. The lowest BCUT2D eigenvalue weighted by molar-refractivity contribution is -0.122. The van der Waals surface area contributed by atoms with Gasteiger partial charge < -0.3 is 20.4 Å². The van der Waals surface area contributed by atoms with E-state index < -0.39 is 0 Å². The average molecular weight is 505 g/mol. The van der Waals surface area contributed by atoms with E-state index in [1.54, 1.807) is 13.2 Å². The van der Waals surface area contributed by atoms with Gasteiger partial charge in [-0.2, -0.15) is 0 Å². The number of rotatable bonds is 8. The van der Waals surface area contributed by atoms with Gasteiger partial charge in [-0.1, -0.05) is 35.9 Å². The Morgan fingerprint density at radius 1 is 1.22 bits per heavy atom. The second-order valence-electron chi connectivity index (χ2n) is 9.04. The van der Waals surface area contributed by atoms with E-state index in [1.807, 2.05) is 24.3 Å². The lowest BCUT2D eigenvalue weighted by atomic mass is 10.1. The zero-order valence-electron chi connectivity index (χ0n) is 20.3. The number of likely N-dealkylation sites (N-methyl/N-ethyl adjacent to an activating group) is 1. The van der Waals surface area contributed by atoms with Crippen LogP contribution in [0.3, 0.4) is 0 Å². The fourth-order valence-corrected chi connectivity index (χ4v) is 4.67. The first-order chi connectivity index (χ1) is 17.5. The molecule has 0 spiro atoms. The van der Waals surface area contributed by atoms with Crippen LogP contribution in [0.15, 0.2) is 54.7 Å². The monoisotopic (exact) mass is 504 g/mol. The fourth-order valence-electron chi connectivity index (χ4n) is 4.47. The quantitative estimate of drug-likeness (QED) is 0.329. The molecule has 2 aromatic heterocycles. The highest BCUT2D eigenvalue weighted by Gasteiger charge is 2.25. The van der Waals surface area contributed by atoms with Gasteiger partial charge in [0.25, 0.3) is 5.91 Å². The molecule has 186 valence electrons. The summed E-state index contributed by atoms with van der Waals surface area (Å²) in [6.45, 7) is 5.05. The number of hydrogen-bond donors (Lipinski definition) is 3. The van der Waals surface area contributed by atoms with E-state index in [0.29, 0.717) is 22.2 Å². The molecule has 36 heavy (non-hydrogen) atoms. The molecule has 1 aliphatic heterocycles. The predicted molar refractivity (Wildman–Crippen MR) is 142 cm³/mol. The molecule has 5 rings (SSSR count). The van der Waals surface area contributed by atoms with Crippen LogP contribution in [0.2, 0.25) is 5.02 Å². The number of amides is 1. The van der Waals surface area contributed by atoms with Crippen molar-refractivity contribution in [2.75, 3.05) is 32.1 Å². The Morgan fingerprint density at radius 3 is 2.81 bits per heavy atom. The van der Waals surface area contributed by atoms with Crippen molar-refractivity contribution in [3.05, 3.63) is 70.9 Å². The van der Waals surface area contributed by atoms with Crippen molar-refractivity contribution in [1.29, 1.82) is 0 Å². The summed E-state index contributed by atoms with van der Waals surface area (Å²) >= 11 is 6.58. The molecule has 8 nitrogen and oxygen atoms in total. The number of hydrogen-bond acceptors (Lipinski definition) is 6. The first-order valence-electron chi connectivity index (χ1n) is 12.0. The topological polar surface area (TPSA) is 95.2 Å². The number of nitrogens with zero attached hydrogens (tertiary/aromatic N) is 3. The van der Waals surface area contributed by atoms with Crippen molar-refractivity contribution in [2.24, 2.45) is 0 Å². The molecular formula is C27H29ClN6O2. The number of aryl methyl sites for hydroxylation is 1. The number of fused-ring (bicyclic) bond motifs is 1. The Morgan fingerprint density at radius 2 is 2.03 bits per heavy atom. The summed E-state index contributed by atoms with van der Waals surface area (Å²) in [7, 11) is 1.58. The Labute approximate surface area is 215 Å². The van der Waals surface area contributed by atoms with Crippen LogP contribution in [0.25, 0.3) is 22.6 Å². The van der Waals surface area contributed by atoms with Gasteiger partial charge in [-0.05, 0) is 48.7 Å². The smallest absolute Gasteiger partial charge is 0.257 e. The zero-order valence-corrected chi connectivity index (χ0v) is 21.1. The largest absolute Gasteiger partial charge is 0.484 e. The molecule has 1 fully saturated rings. The van der Waals surface area contributed by atoms with Gasteiger partial charge in [0.1, 0.15) is 17.1 Å². The van der Waals surface area contributed by atoms with Crippen molar-refractivity contribution in [3.63, 3.8) is 0 Å².